The first-order valence-electron chi connectivity index (χ1n) is 8.38. The van der Waals surface area contributed by atoms with Crippen LogP contribution in [0.1, 0.15) is 12.8 Å². The summed E-state index contributed by atoms with van der Waals surface area (Å²) in [5.74, 6) is 2.75. The van der Waals surface area contributed by atoms with Crippen molar-refractivity contribution in [3.05, 3.63) is 42.7 Å². The first-order valence-corrected chi connectivity index (χ1v) is 8.38. The molecule has 25 heavy (non-hydrogen) atoms. The zero-order valence-corrected chi connectivity index (χ0v) is 14.4. The van der Waals surface area contributed by atoms with Crippen molar-refractivity contribution in [2.24, 2.45) is 5.92 Å². The van der Waals surface area contributed by atoms with Gasteiger partial charge in [-0.15, -0.1) is 0 Å². The third-order valence-electron chi connectivity index (χ3n) is 4.47. The maximum atomic E-state index is 5.92. The number of hydrogen-bond donors (Lipinski definition) is 0. The summed E-state index contributed by atoms with van der Waals surface area (Å²) in [5.41, 5.74) is 2.97. The number of hydrogen-bond acceptors (Lipinski definition) is 5. The topological polar surface area (TPSA) is 53.5 Å². The van der Waals surface area contributed by atoms with Crippen molar-refractivity contribution in [2.75, 3.05) is 20.8 Å². The van der Waals surface area contributed by atoms with Crippen molar-refractivity contribution in [2.45, 2.75) is 12.8 Å². The van der Waals surface area contributed by atoms with Crippen molar-refractivity contribution in [1.82, 2.24) is 9.97 Å². The molecule has 1 heterocycles. The van der Waals surface area contributed by atoms with Crippen LogP contribution in [0.4, 0.5) is 0 Å². The van der Waals surface area contributed by atoms with E-state index in [2.05, 4.69) is 16.0 Å². The summed E-state index contributed by atoms with van der Waals surface area (Å²) in [6, 6.07) is 12.0. The van der Waals surface area contributed by atoms with Gasteiger partial charge < -0.3 is 14.2 Å². The first-order chi connectivity index (χ1) is 12.3. The molecule has 5 nitrogen and oxygen atoms in total. The van der Waals surface area contributed by atoms with Crippen molar-refractivity contribution in [3.63, 3.8) is 0 Å². The molecule has 1 saturated carbocycles. The second kappa shape index (κ2) is 6.59. The number of benzene rings is 2. The summed E-state index contributed by atoms with van der Waals surface area (Å²) < 4.78 is 16.6. The Kier molecular flexibility index (Phi) is 4.14. The first kappa shape index (κ1) is 15.7. The standard InChI is InChI=1S/C20H20N2O3/c1-23-18-8-6-15(10-19(18)24-2)14-5-7-17-16(9-14)20(22-12-21-17)25-11-13-3-4-13/h5-10,12-13H,3-4,11H2,1-2H3. The molecule has 0 radical (unpaired) electrons. The molecule has 1 aliphatic rings. The maximum Gasteiger partial charge on any atom is 0.224 e. The lowest BCUT2D eigenvalue weighted by Gasteiger charge is -2.11. The molecule has 0 unspecified atom stereocenters. The van der Waals surface area contributed by atoms with Gasteiger partial charge in [0, 0.05) is 0 Å². The van der Waals surface area contributed by atoms with Gasteiger partial charge in [0.15, 0.2) is 11.5 Å². The van der Waals surface area contributed by atoms with Gasteiger partial charge >= 0.3 is 0 Å². The lowest BCUT2D eigenvalue weighted by molar-refractivity contribution is 0.292. The predicted molar refractivity (Wildman–Crippen MR) is 96.3 cm³/mol. The van der Waals surface area contributed by atoms with E-state index in [0.717, 1.165) is 28.6 Å². The minimum absolute atomic E-state index is 0.652. The predicted octanol–water partition coefficient (Wildman–Crippen LogP) is 4.10. The quantitative estimate of drug-likeness (QED) is 0.678. The van der Waals surface area contributed by atoms with Crippen LogP contribution in [0.3, 0.4) is 0 Å². The highest BCUT2D eigenvalue weighted by molar-refractivity contribution is 5.88. The molecule has 1 fully saturated rings. The molecule has 5 heteroatoms. The van der Waals surface area contributed by atoms with Gasteiger partial charge in [0.2, 0.25) is 5.88 Å². The van der Waals surface area contributed by atoms with E-state index in [9.17, 15) is 0 Å². The van der Waals surface area contributed by atoms with E-state index in [1.54, 1.807) is 20.5 Å². The van der Waals surface area contributed by atoms with Gasteiger partial charge in [-0.05, 0) is 54.2 Å². The van der Waals surface area contributed by atoms with E-state index in [1.807, 2.05) is 30.3 Å². The van der Waals surface area contributed by atoms with Crippen LogP contribution >= 0.6 is 0 Å². The monoisotopic (exact) mass is 336 g/mol. The van der Waals surface area contributed by atoms with Gasteiger partial charge in [-0.1, -0.05) is 12.1 Å². The molecule has 0 amide bonds. The van der Waals surface area contributed by atoms with Crippen LogP contribution in [0, 0.1) is 5.92 Å². The molecule has 0 N–H and O–H groups in total. The minimum atomic E-state index is 0.652. The summed E-state index contributed by atoms with van der Waals surface area (Å²) in [6.45, 7) is 0.729. The van der Waals surface area contributed by atoms with Crippen molar-refractivity contribution in [3.8, 4) is 28.5 Å². The molecule has 1 aromatic heterocycles. The fourth-order valence-electron chi connectivity index (χ4n) is 2.82. The summed E-state index contributed by atoms with van der Waals surface area (Å²) in [5, 5.41) is 0.926. The smallest absolute Gasteiger partial charge is 0.224 e. The zero-order chi connectivity index (χ0) is 17.2. The number of rotatable bonds is 6. The molecular formula is C20H20N2O3. The molecule has 3 aromatic rings. The molecular weight excluding hydrogens is 316 g/mol. The maximum absolute atomic E-state index is 5.92. The Balaban J connectivity index is 1.73. The molecule has 0 atom stereocenters. The number of fused-ring (bicyclic) bond motifs is 1. The Labute approximate surface area is 146 Å². The molecule has 0 bridgehead atoms. The second-order valence-electron chi connectivity index (χ2n) is 6.23. The third-order valence-corrected chi connectivity index (χ3v) is 4.47. The molecule has 0 aliphatic heterocycles. The Hall–Kier alpha value is -2.82. The van der Waals surface area contributed by atoms with Crippen molar-refractivity contribution < 1.29 is 14.2 Å². The Morgan fingerprint density at radius 3 is 2.44 bits per heavy atom. The zero-order valence-electron chi connectivity index (χ0n) is 14.4. The van der Waals surface area contributed by atoms with Crippen LogP contribution in [0.25, 0.3) is 22.0 Å². The molecule has 0 spiro atoms. The summed E-state index contributed by atoms with van der Waals surface area (Å²) in [6.07, 6.45) is 4.06. The van der Waals surface area contributed by atoms with E-state index in [4.69, 9.17) is 14.2 Å². The molecule has 128 valence electrons. The van der Waals surface area contributed by atoms with Crippen LogP contribution in [0.5, 0.6) is 17.4 Å². The number of aromatic nitrogens is 2. The number of methoxy groups -OCH3 is 2. The van der Waals surface area contributed by atoms with E-state index < -0.39 is 0 Å². The highest BCUT2D eigenvalue weighted by atomic mass is 16.5. The van der Waals surface area contributed by atoms with E-state index in [0.29, 0.717) is 23.3 Å². The average molecular weight is 336 g/mol. The van der Waals surface area contributed by atoms with E-state index in [-0.39, 0.29) is 0 Å². The van der Waals surface area contributed by atoms with E-state index >= 15 is 0 Å². The highest BCUT2D eigenvalue weighted by Crippen LogP contribution is 2.35. The molecule has 0 saturated heterocycles. The van der Waals surface area contributed by atoms with Crippen LogP contribution in [-0.4, -0.2) is 30.8 Å². The number of nitrogens with zero attached hydrogens (tertiary/aromatic N) is 2. The van der Waals surface area contributed by atoms with Crippen LogP contribution in [0.2, 0.25) is 0 Å². The van der Waals surface area contributed by atoms with Crippen molar-refractivity contribution >= 4 is 10.9 Å². The fourth-order valence-corrected chi connectivity index (χ4v) is 2.82. The Morgan fingerprint density at radius 1 is 0.920 bits per heavy atom. The SMILES string of the molecule is COc1ccc(-c2ccc3ncnc(OCC4CC4)c3c2)cc1OC. The summed E-state index contributed by atoms with van der Waals surface area (Å²) in [4.78, 5) is 8.67. The largest absolute Gasteiger partial charge is 0.493 e. The lowest BCUT2D eigenvalue weighted by atomic mass is 10.0. The van der Waals surface area contributed by atoms with Crippen molar-refractivity contribution in [1.29, 1.82) is 0 Å². The van der Waals surface area contributed by atoms with Gasteiger partial charge in [-0.3, -0.25) is 0 Å². The van der Waals surface area contributed by atoms with Gasteiger partial charge in [-0.2, -0.15) is 0 Å². The van der Waals surface area contributed by atoms with Crippen LogP contribution in [-0.2, 0) is 0 Å². The van der Waals surface area contributed by atoms with E-state index in [1.165, 1.54) is 12.8 Å². The van der Waals surface area contributed by atoms with Gasteiger partial charge in [0.05, 0.1) is 31.7 Å². The third kappa shape index (κ3) is 3.22. The Bertz CT molecular complexity index is 907. The summed E-state index contributed by atoms with van der Waals surface area (Å²) >= 11 is 0. The lowest BCUT2D eigenvalue weighted by Crippen LogP contribution is -2.01. The van der Waals surface area contributed by atoms with Crippen LogP contribution < -0.4 is 14.2 Å². The van der Waals surface area contributed by atoms with Gasteiger partial charge in [-0.25, -0.2) is 9.97 Å². The fraction of sp³-hybridized carbons (Fsp3) is 0.300. The van der Waals surface area contributed by atoms with Crippen LogP contribution in [0.15, 0.2) is 42.7 Å². The summed E-state index contributed by atoms with van der Waals surface area (Å²) in [7, 11) is 3.27. The number of ether oxygens (including phenoxy) is 3. The van der Waals surface area contributed by atoms with Gasteiger partial charge in [0.1, 0.15) is 6.33 Å². The van der Waals surface area contributed by atoms with Gasteiger partial charge in [0.25, 0.3) is 0 Å². The molecule has 2 aromatic carbocycles. The highest BCUT2D eigenvalue weighted by Gasteiger charge is 2.22. The average Bonchev–Trinajstić information content (AvgIpc) is 3.49. The second-order valence-corrected chi connectivity index (χ2v) is 6.23. The minimum Gasteiger partial charge on any atom is -0.493 e. The molecule has 4 rings (SSSR count). The normalized spacial score (nSPS) is 13.7. The Morgan fingerprint density at radius 2 is 1.68 bits per heavy atom. The molecule has 1 aliphatic carbocycles.